The molecule has 9 heteroatoms. The monoisotopic (exact) mass is 440 g/mol. The van der Waals surface area contributed by atoms with Crippen LogP contribution in [-0.2, 0) is 21.2 Å². The van der Waals surface area contributed by atoms with Crippen molar-refractivity contribution in [1.82, 2.24) is 20.4 Å². The number of amides is 1. The summed E-state index contributed by atoms with van der Waals surface area (Å²) in [5.74, 6) is 0.0669. The van der Waals surface area contributed by atoms with E-state index < -0.39 is 20.5 Å². The van der Waals surface area contributed by atoms with Crippen LogP contribution in [0.25, 0.3) is 11.4 Å². The molecule has 2 heterocycles. The van der Waals surface area contributed by atoms with Gasteiger partial charge in [-0.05, 0) is 56.0 Å². The number of carbonyl (C=O) groups excluding carboxylic acids is 1. The van der Waals surface area contributed by atoms with Crippen molar-refractivity contribution < 1.29 is 17.7 Å². The van der Waals surface area contributed by atoms with Gasteiger partial charge in [0.1, 0.15) is 0 Å². The van der Waals surface area contributed by atoms with Gasteiger partial charge in [0.25, 0.3) is 0 Å². The van der Waals surface area contributed by atoms with Gasteiger partial charge in [0, 0.05) is 18.0 Å². The minimum absolute atomic E-state index is 0.0407. The molecule has 1 aliphatic rings. The molecule has 162 valence electrons. The molecule has 1 N–H and O–H groups in total. The number of aromatic nitrogens is 3. The zero-order valence-corrected chi connectivity index (χ0v) is 18.3. The maximum atomic E-state index is 13.7. The summed E-state index contributed by atoms with van der Waals surface area (Å²) in [6.07, 6.45) is 5.19. The number of nitrogens with zero attached hydrogens (tertiary/aromatic N) is 3. The highest BCUT2D eigenvalue weighted by Gasteiger charge is 2.53. The van der Waals surface area contributed by atoms with Crippen LogP contribution in [0.2, 0.25) is 0 Å². The first kappa shape index (κ1) is 21.2. The van der Waals surface area contributed by atoms with Gasteiger partial charge in [0.15, 0.2) is 14.6 Å². The molecule has 1 aromatic carbocycles. The predicted octanol–water partition coefficient (Wildman–Crippen LogP) is 3.15. The molecule has 0 unspecified atom stereocenters. The Bertz CT molecular complexity index is 1200. The Balaban J connectivity index is 1.57. The van der Waals surface area contributed by atoms with Crippen molar-refractivity contribution in [2.45, 2.75) is 55.7 Å². The molecule has 3 aromatic rings. The highest BCUT2D eigenvalue weighted by atomic mass is 32.2. The third kappa shape index (κ3) is 3.85. The Labute approximate surface area is 181 Å². The van der Waals surface area contributed by atoms with E-state index in [0.717, 1.165) is 11.1 Å². The average Bonchev–Trinajstić information content (AvgIpc) is 3.45. The molecule has 8 nitrogen and oxygen atoms in total. The number of aryl methyl sites for hydroxylation is 2. The largest absolute Gasteiger partial charge is 0.346 e. The molecular formula is C22H24N4O4S. The summed E-state index contributed by atoms with van der Waals surface area (Å²) in [7, 11) is -3.88. The Morgan fingerprint density at radius 2 is 1.84 bits per heavy atom. The number of carbonyl (C=O) groups is 1. The molecule has 4 rings (SSSR count). The van der Waals surface area contributed by atoms with E-state index in [0.29, 0.717) is 37.1 Å². The number of pyridine rings is 1. The van der Waals surface area contributed by atoms with Gasteiger partial charge < -0.3 is 9.84 Å². The van der Waals surface area contributed by atoms with E-state index >= 15 is 0 Å². The van der Waals surface area contributed by atoms with Crippen molar-refractivity contribution >= 4 is 15.7 Å². The van der Waals surface area contributed by atoms with Gasteiger partial charge in [-0.15, -0.1) is 0 Å². The van der Waals surface area contributed by atoms with Crippen molar-refractivity contribution in [3.05, 3.63) is 59.7 Å². The first-order chi connectivity index (χ1) is 14.8. The van der Waals surface area contributed by atoms with Crippen LogP contribution in [0, 0.1) is 13.8 Å². The third-order valence-electron chi connectivity index (χ3n) is 5.78. The minimum Gasteiger partial charge on any atom is -0.346 e. The second-order valence-corrected chi connectivity index (χ2v) is 10.1. The highest BCUT2D eigenvalue weighted by Crippen LogP contribution is 2.41. The number of benzene rings is 1. The lowest BCUT2D eigenvalue weighted by Crippen LogP contribution is -2.50. The molecule has 0 aliphatic heterocycles. The van der Waals surface area contributed by atoms with E-state index in [2.05, 4.69) is 20.4 Å². The summed E-state index contributed by atoms with van der Waals surface area (Å²) in [5, 5.41) is 6.64. The van der Waals surface area contributed by atoms with Gasteiger partial charge >= 0.3 is 0 Å². The first-order valence-corrected chi connectivity index (χ1v) is 11.6. The van der Waals surface area contributed by atoms with E-state index in [-0.39, 0.29) is 17.3 Å². The molecule has 1 aliphatic carbocycles. The number of hydrogen-bond acceptors (Lipinski definition) is 7. The van der Waals surface area contributed by atoms with Crippen molar-refractivity contribution in [2.75, 3.05) is 0 Å². The molecule has 2 aromatic heterocycles. The summed E-state index contributed by atoms with van der Waals surface area (Å²) in [4.78, 5) is 21.7. The fourth-order valence-electron chi connectivity index (χ4n) is 4.03. The second kappa shape index (κ2) is 8.22. The van der Waals surface area contributed by atoms with E-state index in [9.17, 15) is 13.2 Å². The fourth-order valence-corrected chi connectivity index (χ4v) is 6.43. The molecule has 0 radical (unpaired) electrons. The van der Waals surface area contributed by atoms with Gasteiger partial charge in [-0.1, -0.05) is 30.1 Å². The Hall–Kier alpha value is -3.07. The van der Waals surface area contributed by atoms with Crippen LogP contribution in [0.3, 0.4) is 0 Å². The van der Waals surface area contributed by atoms with Crippen molar-refractivity contribution in [1.29, 1.82) is 0 Å². The third-order valence-corrected chi connectivity index (χ3v) is 8.42. The van der Waals surface area contributed by atoms with Crippen molar-refractivity contribution in [2.24, 2.45) is 0 Å². The zero-order chi connectivity index (χ0) is 22.1. The molecule has 31 heavy (non-hydrogen) atoms. The minimum atomic E-state index is -3.88. The molecule has 0 atom stereocenters. The summed E-state index contributed by atoms with van der Waals surface area (Å²) in [6, 6.07) is 8.79. The van der Waals surface area contributed by atoms with E-state index in [4.69, 9.17) is 4.52 Å². The normalized spacial score (nSPS) is 15.7. The van der Waals surface area contributed by atoms with Crippen LogP contribution in [0.5, 0.6) is 0 Å². The summed E-state index contributed by atoms with van der Waals surface area (Å²) in [6.45, 7) is 3.56. The lowest BCUT2D eigenvalue weighted by Gasteiger charge is -2.28. The lowest BCUT2D eigenvalue weighted by atomic mass is 10.1. The number of hydrogen-bond donors (Lipinski definition) is 1. The Kier molecular flexibility index (Phi) is 5.62. The fraction of sp³-hybridized carbons (Fsp3) is 0.364. The lowest BCUT2D eigenvalue weighted by molar-refractivity contribution is -0.123. The van der Waals surface area contributed by atoms with Crippen molar-refractivity contribution in [3.8, 4) is 11.4 Å². The van der Waals surface area contributed by atoms with Crippen molar-refractivity contribution in [3.63, 3.8) is 0 Å². The average molecular weight is 441 g/mol. The van der Waals surface area contributed by atoms with Gasteiger partial charge in [-0.25, -0.2) is 8.42 Å². The van der Waals surface area contributed by atoms with Gasteiger partial charge in [0.05, 0.1) is 11.4 Å². The second-order valence-electron chi connectivity index (χ2n) is 7.90. The maximum absolute atomic E-state index is 13.7. The number of sulfone groups is 1. The van der Waals surface area contributed by atoms with Crippen LogP contribution in [0.4, 0.5) is 0 Å². The quantitative estimate of drug-likeness (QED) is 0.626. The molecule has 0 saturated heterocycles. The summed E-state index contributed by atoms with van der Waals surface area (Å²) in [5.41, 5.74) is 2.22. The summed E-state index contributed by atoms with van der Waals surface area (Å²) < 4.78 is 31.0. The topological polar surface area (TPSA) is 115 Å². The smallest absolute Gasteiger partial charge is 0.246 e. The molecule has 0 spiro atoms. The van der Waals surface area contributed by atoms with Crippen LogP contribution >= 0.6 is 0 Å². The number of rotatable bonds is 6. The standard InChI is InChI=1S/C22H24N4O4S/c1-15-5-6-16(2)18(13-15)31(28,29)22(9-3-4-10-22)21(27)24-14-19-25-20(26-30-19)17-7-11-23-12-8-17/h5-8,11-13H,3-4,9-10,14H2,1-2H3,(H,24,27). The molecule has 1 fully saturated rings. The van der Waals surface area contributed by atoms with Crippen LogP contribution < -0.4 is 5.32 Å². The van der Waals surface area contributed by atoms with Gasteiger partial charge in [-0.3, -0.25) is 9.78 Å². The molecule has 1 amide bonds. The predicted molar refractivity (Wildman–Crippen MR) is 114 cm³/mol. The van der Waals surface area contributed by atoms with Crippen LogP contribution in [-0.4, -0.2) is 34.2 Å². The van der Waals surface area contributed by atoms with Gasteiger partial charge in [0.2, 0.25) is 17.6 Å². The van der Waals surface area contributed by atoms with E-state index in [1.165, 1.54) is 0 Å². The summed E-state index contributed by atoms with van der Waals surface area (Å²) >= 11 is 0. The first-order valence-electron chi connectivity index (χ1n) is 10.2. The van der Waals surface area contributed by atoms with E-state index in [1.807, 2.05) is 13.0 Å². The molecule has 0 bridgehead atoms. The molecule has 1 saturated carbocycles. The maximum Gasteiger partial charge on any atom is 0.246 e. The Morgan fingerprint density at radius 1 is 1.13 bits per heavy atom. The molecular weight excluding hydrogens is 416 g/mol. The van der Waals surface area contributed by atoms with Crippen LogP contribution in [0.1, 0.15) is 42.7 Å². The number of nitrogens with one attached hydrogen (secondary N) is 1. The van der Waals surface area contributed by atoms with Crippen LogP contribution in [0.15, 0.2) is 52.1 Å². The zero-order valence-electron chi connectivity index (χ0n) is 17.5. The van der Waals surface area contributed by atoms with Gasteiger partial charge in [-0.2, -0.15) is 4.98 Å². The SMILES string of the molecule is Cc1ccc(C)c(S(=O)(=O)C2(C(=O)NCc3nc(-c4ccncc4)no3)CCCC2)c1. The Morgan fingerprint density at radius 3 is 2.55 bits per heavy atom. The highest BCUT2D eigenvalue weighted by molar-refractivity contribution is 7.93. The van der Waals surface area contributed by atoms with E-state index in [1.54, 1.807) is 43.6 Å².